The minimum Gasteiger partial charge on any atom is -0.349 e. The normalized spacial score (nSPS) is 19.8. The van der Waals surface area contributed by atoms with Crippen LogP contribution in [0.5, 0.6) is 0 Å². The highest BCUT2D eigenvalue weighted by atomic mass is 16.2. The molecular formula is C15H19N5O3. The van der Waals surface area contributed by atoms with Crippen LogP contribution >= 0.6 is 0 Å². The van der Waals surface area contributed by atoms with E-state index in [-0.39, 0.29) is 18.9 Å². The first-order chi connectivity index (χ1) is 11.0. The van der Waals surface area contributed by atoms with Gasteiger partial charge in [-0.25, -0.2) is 14.8 Å². The molecule has 1 fully saturated rings. The van der Waals surface area contributed by atoms with Gasteiger partial charge in [0.1, 0.15) is 11.9 Å². The van der Waals surface area contributed by atoms with Crippen molar-refractivity contribution in [3.63, 3.8) is 0 Å². The maximum absolute atomic E-state index is 11.9. The second-order valence-electron chi connectivity index (χ2n) is 5.85. The largest absolute Gasteiger partial charge is 0.349 e. The molecule has 1 aliphatic carbocycles. The lowest BCUT2D eigenvalue weighted by atomic mass is 9.95. The third-order valence-electron chi connectivity index (χ3n) is 4.13. The zero-order valence-electron chi connectivity index (χ0n) is 12.9. The van der Waals surface area contributed by atoms with Crippen molar-refractivity contribution in [2.45, 2.75) is 51.6 Å². The highest BCUT2D eigenvalue weighted by Crippen LogP contribution is 2.21. The summed E-state index contributed by atoms with van der Waals surface area (Å²) >= 11 is 0. The van der Waals surface area contributed by atoms with Crippen molar-refractivity contribution in [2.24, 2.45) is 0 Å². The molecule has 0 aromatic carbocycles. The lowest BCUT2D eigenvalue weighted by Crippen LogP contribution is -2.36. The molecule has 1 aromatic rings. The average Bonchev–Trinajstić information content (AvgIpc) is 2.83. The third kappa shape index (κ3) is 3.46. The first-order valence-electron chi connectivity index (χ1n) is 7.76. The van der Waals surface area contributed by atoms with Crippen molar-refractivity contribution in [3.05, 3.63) is 22.8 Å². The topological polar surface area (TPSA) is 113 Å². The number of nitrogens with one attached hydrogen (secondary N) is 3. The number of amides is 4. The molecule has 1 saturated heterocycles. The van der Waals surface area contributed by atoms with Crippen molar-refractivity contribution >= 4 is 17.8 Å². The molecular weight excluding hydrogens is 298 g/mol. The maximum Gasteiger partial charge on any atom is 0.322 e. The molecule has 0 radical (unpaired) electrons. The van der Waals surface area contributed by atoms with Gasteiger partial charge < -0.3 is 10.6 Å². The van der Waals surface area contributed by atoms with Crippen LogP contribution in [0.4, 0.5) is 4.79 Å². The molecule has 2 heterocycles. The fraction of sp³-hybridized carbons (Fsp3) is 0.533. The van der Waals surface area contributed by atoms with Crippen molar-refractivity contribution < 1.29 is 14.4 Å². The van der Waals surface area contributed by atoms with E-state index in [9.17, 15) is 14.4 Å². The summed E-state index contributed by atoms with van der Waals surface area (Å²) in [6.45, 7) is 2.19. The Bertz CT molecular complexity index is 673. The third-order valence-corrected chi connectivity index (χ3v) is 4.13. The smallest absolute Gasteiger partial charge is 0.322 e. The van der Waals surface area contributed by atoms with Crippen LogP contribution in [0.1, 0.15) is 42.0 Å². The highest BCUT2D eigenvalue weighted by molar-refractivity contribution is 6.05. The molecule has 0 unspecified atom stereocenters. The van der Waals surface area contributed by atoms with Gasteiger partial charge in [0.15, 0.2) is 0 Å². The van der Waals surface area contributed by atoms with Crippen LogP contribution in [-0.2, 0) is 29.0 Å². The van der Waals surface area contributed by atoms with Crippen molar-refractivity contribution in [3.8, 4) is 0 Å². The second-order valence-corrected chi connectivity index (χ2v) is 5.85. The fourth-order valence-corrected chi connectivity index (χ4v) is 2.96. The van der Waals surface area contributed by atoms with Gasteiger partial charge in [-0.15, -0.1) is 0 Å². The Balaban J connectivity index is 1.58. The van der Waals surface area contributed by atoms with Gasteiger partial charge >= 0.3 is 6.03 Å². The molecule has 23 heavy (non-hydrogen) atoms. The molecule has 0 spiro atoms. The van der Waals surface area contributed by atoms with Gasteiger partial charge in [0.2, 0.25) is 5.91 Å². The van der Waals surface area contributed by atoms with E-state index in [0.717, 1.165) is 30.7 Å². The summed E-state index contributed by atoms with van der Waals surface area (Å²) in [5.41, 5.74) is 3.29. The predicted octanol–water partition coefficient (Wildman–Crippen LogP) is -0.122. The SMILES string of the molecule is Cc1nc(CNC(=O)C[C@@H]2NC(=O)NC2=O)nc2c1CCCC2. The van der Waals surface area contributed by atoms with E-state index in [1.54, 1.807) is 0 Å². The van der Waals surface area contributed by atoms with Crippen LogP contribution in [0.15, 0.2) is 0 Å². The Morgan fingerprint density at radius 3 is 2.78 bits per heavy atom. The standard InChI is InChI=1S/C15H19N5O3/c1-8-9-4-2-3-5-10(9)18-12(17-8)7-16-13(21)6-11-14(22)20-15(23)19-11/h11H,2-7H2,1H3,(H,16,21)(H2,19,20,22,23)/t11-/m0/s1. The highest BCUT2D eigenvalue weighted by Gasteiger charge is 2.31. The van der Waals surface area contributed by atoms with E-state index in [4.69, 9.17) is 0 Å². The Morgan fingerprint density at radius 2 is 2.04 bits per heavy atom. The Hall–Kier alpha value is -2.51. The number of hydrogen-bond donors (Lipinski definition) is 3. The molecule has 122 valence electrons. The number of aryl methyl sites for hydroxylation is 2. The number of rotatable bonds is 4. The molecule has 1 aliphatic heterocycles. The number of carbonyl (C=O) groups is 3. The molecule has 1 atom stereocenters. The molecule has 0 saturated carbocycles. The van der Waals surface area contributed by atoms with E-state index in [0.29, 0.717) is 5.82 Å². The van der Waals surface area contributed by atoms with Gasteiger partial charge in [-0.3, -0.25) is 14.9 Å². The van der Waals surface area contributed by atoms with E-state index in [2.05, 4.69) is 25.9 Å². The zero-order valence-corrected chi connectivity index (χ0v) is 12.9. The van der Waals surface area contributed by atoms with Gasteiger partial charge in [0.25, 0.3) is 5.91 Å². The molecule has 8 nitrogen and oxygen atoms in total. The van der Waals surface area contributed by atoms with E-state index < -0.39 is 18.0 Å². The van der Waals surface area contributed by atoms with Gasteiger partial charge in [0, 0.05) is 11.4 Å². The first kappa shape index (κ1) is 15.4. The Morgan fingerprint density at radius 1 is 1.26 bits per heavy atom. The fourth-order valence-electron chi connectivity index (χ4n) is 2.96. The average molecular weight is 317 g/mol. The quantitative estimate of drug-likeness (QED) is 0.670. The number of imide groups is 1. The molecule has 2 aliphatic rings. The molecule has 1 aromatic heterocycles. The second kappa shape index (κ2) is 6.31. The van der Waals surface area contributed by atoms with Gasteiger partial charge in [-0.05, 0) is 38.2 Å². The van der Waals surface area contributed by atoms with E-state index in [1.807, 2.05) is 6.92 Å². The lowest BCUT2D eigenvalue weighted by molar-refractivity contribution is -0.126. The number of carbonyl (C=O) groups excluding carboxylic acids is 3. The maximum atomic E-state index is 11.9. The first-order valence-corrected chi connectivity index (χ1v) is 7.76. The Kier molecular flexibility index (Phi) is 4.22. The summed E-state index contributed by atoms with van der Waals surface area (Å²) in [6, 6.07) is -1.38. The van der Waals surface area contributed by atoms with Gasteiger partial charge in [0.05, 0.1) is 13.0 Å². The molecule has 3 rings (SSSR count). The number of hydrogen-bond acceptors (Lipinski definition) is 5. The number of aromatic nitrogens is 2. The summed E-state index contributed by atoms with van der Waals surface area (Å²) in [4.78, 5) is 43.3. The van der Waals surface area contributed by atoms with Crippen molar-refractivity contribution in [1.82, 2.24) is 25.9 Å². The monoisotopic (exact) mass is 317 g/mol. The van der Waals surface area contributed by atoms with Crippen LogP contribution in [0.3, 0.4) is 0 Å². The van der Waals surface area contributed by atoms with E-state index in [1.165, 1.54) is 12.0 Å². The predicted molar refractivity (Wildman–Crippen MR) is 80.3 cm³/mol. The number of urea groups is 1. The molecule has 3 N–H and O–H groups in total. The van der Waals surface area contributed by atoms with Crippen molar-refractivity contribution in [1.29, 1.82) is 0 Å². The zero-order chi connectivity index (χ0) is 16.4. The molecule has 4 amide bonds. The van der Waals surface area contributed by atoms with E-state index >= 15 is 0 Å². The lowest BCUT2D eigenvalue weighted by Gasteiger charge is -2.17. The minimum atomic E-state index is -0.811. The van der Waals surface area contributed by atoms with Gasteiger partial charge in [-0.2, -0.15) is 0 Å². The summed E-state index contributed by atoms with van der Waals surface area (Å²) in [5, 5.41) is 7.19. The van der Waals surface area contributed by atoms with Crippen LogP contribution in [-0.4, -0.2) is 33.9 Å². The molecule has 8 heteroatoms. The summed E-state index contributed by atoms with van der Waals surface area (Å²) < 4.78 is 0. The summed E-state index contributed by atoms with van der Waals surface area (Å²) in [6.07, 6.45) is 4.17. The number of fused-ring (bicyclic) bond motifs is 1. The number of nitrogens with zero attached hydrogens (tertiary/aromatic N) is 2. The van der Waals surface area contributed by atoms with Crippen molar-refractivity contribution in [2.75, 3.05) is 0 Å². The molecule has 0 bridgehead atoms. The summed E-state index contributed by atoms with van der Waals surface area (Å²) in [7, 11) is 0. The van der Waals surface area contributed by atoms with Crippen LogP contribution < -0.4 is 16.0 Å². The Labute approximate surface area is 133 Å². The van der Waals surface area contributed by atoms with Crippen LogP contribution in [0, 0.1) is 6.92 Å². The summed E-state index contributed by atoms with van der Waals surface area (Å²) in [5.74, 6) is -0.228. The van der Waals surface area contributed by atoms with Crippen LogP contribution in [0.25, 0.3) is 0 Å². The van der Waals surface area contributed by atoms with Crippen LogP contribution in [0.2, 0.25) is 0 Å². The van der Waals surface area contributed by atoms with Gasteiger partial charge in [-0.1, -0.05) is 0 Å². The minimum absolute atomic E-state index is 0.0957.